The fraction of sp³-hybridized carbons (Fsp3) is 0.400. The molecular formula is C15H19ClN2O2S. The Hall–Kier alpha value is -0.980. The number of nitrogens with zero attached hydrogens (tertiary/aromatic N) is 2. The molecule has 1 aromatic carbocycles. The number of thiazole rings is 1. The van der Waals surface area contributed by atoms with Crippen molar-refractivity contribution in [2.24, 2.45) is 0 Å². The van der Waals surface area contributed by atoms with Crippen molar-refractivity contribution < 1.29 is 10.2 Å². The Kier molecular flexibility index (Phi) is 6.60. The van der Waals surface area contributed by atoms with Gasteiger partial charge in [-0.3, -0.25) is 4.90 Å². The zero-order valence-electron chi connectivity index (χ0n) is 11.7. The normalized spacial score (nSPS) is 11.2. The lowest BCUT2D eigenvalue weighted by Gasteiger charge is -2.21. The van der Waals surface area contributed by atoms with E-state index in [1.165, 1.54) is 0 Å². The van der Waals surface area contributed by atoms with E-state index >= 15 is 0 Å². The van der Waals surface area contributed by atoms with Crippen LogP contribution in [0.15, 0.2) is 29.6 Å². The molecule has 0 aliphatic rings. The summed E-state index contributed by atoms with van der Waals surface area (Å²) < 4.78 is 0. The van der Waals surface area contributed by atoms with Gasteiger partial charge in [0.15, 0.2) is 0 Å². The van der Waals surface area contributed by atoms with E-state index in [9.17, 15) is 0 Å². The summed E-state index contributed by atoms with van der Waals surface area (Å²) in [7, 11) is 0. The van der Waals surface area contributed by atoms with Gasteiger partial charge in [-0.25, -0.2) is 4.98 Å². The summed E-state index contributed by atoms with van der Waals surface area (Å²) in [6.45, 7) is 1.91. The van der Waals surface area contributed by atoms with Crippen LogP contribution in [0.25, 0.3) is 10.6 Å². The number of hydrogen-bond donors (Lipinski definition) is 2. The zero-order valence-corrected chi connectivity index (χ0v) is 13.3. The van der Waals surface area contributed by atoms with Gasteiger partial charge in [0.25, 0.3) is 0 Å². The van der Waals surface area contributed by atoms with Crippen LogP contribution in [0, 0.1) is 0 Å². The van der Waals surface area contributed by atoms with Crippen molar-refractivity contribution in [3.8, 4) is 10.6 Å². The van der Waals surface area contributed by atoms with E-state index in [0.717, 1.165) is 21.8 Å². The molecule has 0 radical (unpaired) electrons. The molecule has 0 bridgehead atoms. The lowest BCUT2D eigenvalue weighted by atomic mass is 10.1. The monoisotopic (exact) mass is 326 g/mol. The van der Waals surface area contributed by atoms with Crippen LogP contribution in [-0.4, -0.2) is 46.4 Å². The topological polar surface area (TPSA) is 56.6 Å². The van der Waals surface area contributed by atoms with E-state index < -0.39 is 0 Å². The maximum atomic E-state index is 9.11. The average molecular weight is 327 g/mol. The number of benzene rings is 1. The predicted octanol–water partition coefficient (Wildman–Crippen LogP) is 2.34. The second-order valence-corrected chi connectivity index (χ2v) is 5.78. The second-order valence-electron chi connectivity index (χ2n) is 4.66. The van der Waals surface area contributed by atoms with E-state index in [0.29, 0.717) is 25.5 Å². The average Bonchev–Trinajstić information content (AvgIpc) is 2.97. The summed E-state index contributed by atoms with van der Waals surface area (Å²) >= 11 is 7.40. The molecule has 1 heterocycles. The molecule has 6 heteroatoms. The maximum absolute atomic E-state index is 9.11. The third-order valence-corrected chi connectivity index (χ3v) is 4.36. The summed E-state index contributed by atoms with van der Waals surface area (Å²) in [5.74, 6) is 0.416. The summed E-state index contributed by atoms with van der Waals surface area (Å²) in [4.78, 5) is 6.55. The first-order chi connectivity index (χ1) is 10.3. The molecule has 0 saturated carbocycles. The highest BCUT2D eigenvalue weighted by Crippen LogP contribution is 2.28. The lowest BCUT2D eigenvalue weighted by Crippen LogP contribution is -2.29. The maximum Gasteiger partial charge on any atom is 0.123 e. The van der Waals surface area contributed by atoms with E-state index in [4.69, 9.17) is 21.8 Å². The standard InChI is InChI=1S/C15H19ClN2O2S/c16-9-13-11-21-15(17-13)14-4-2-1-3-12(14)10-18(5-7-19)6-8-20/h1-4,11,19-20H,5-10H2. The van der Waals surface area contributed by atoms with Gasteiger partial charge in [0.2, 0.25) is 0 Å². The van der Waals surface area contributed by atoms with Gasteiger partial charge in [0.1, 0.15) is 5.01 Å². The molecule has 0 fully saturated rings. The van der Waals surface area contributed by atoms with Gasteiger partial charge in [-0.2, -0.15) is 0 Å². The van der Waals surface area contributed by atoms with Crippen molar-refractivity contribution >= 4 is 22.9 Å². The molecular weight excluding hydrogens is 308 g/mol. The van der Waals surface area contributed by atoms with E-state index in [2.05, 4.69) is 11.1 Å². The van der Waals surface area contributed by atoms with Crippen LogP contribution in [-0.2, 0) is 12.4 Å². The summed E-state index contributed by atoms with van der Waals surface area (Å²) in [5, 5.41) is 21.2. The second kappa shape index (κ2) is 8.46. The molecule has 1 aromatic heterocycles. The van der Waals surface area contributed by atoms with Crippen molar-refractivity contribution in [2.75, 3.05) is 26.3 Å². The van der Waals surface area contributed by atoms with Crippen LogP contribution < -0.4 is 0 Å². The van der Waals surface area contributed by atoms with Crippen molar-refractivity contribution in [1.82, 2.24) is 9.88 Å². The number of halogens is 1. The fourth-order valence-electron chi connectivity index (χ4n) is 2.15. The van der Waals surface area contributed by atoms with Crippen LogP contribution in [0.4, 0.5) is 0 Å². The highest BCUT2D eigenvalue weighted by Gasteiger charge is 2.12. The van der Waals surface area contributed by atoms with Gasteiger partial charge in [0, 0.05) is 30.6 Å². The smallest absolute Gasteiger partial charge is 0.123 e. The van der Waals surface area contributed by atoms with Crippen molar-refractivity contribution in [1.29, 1.82) is 0 Å². The number of aromatic nitrogens is 1. The molecule has 21 heavy (non-hydrogen) atoms. The van der Waals surface area contributed by atoms with Gasteiger partial charge in [-0.05, 0) is 5.56 Å². The molecule has 0 aliphatic carbocycles. The summed E-state index contributed by atoms with van der Waals surface area (Å²) in [6, 6.07) is 8.08. The number of hydrogen-bond acceptors (Lipinski definition) is 5. The molecule has 0 spiro atoms. The SMILES string of the molecule is OCCN(CCO)Cc1ccccc1-c1nc(CCl)cs1. The van der Waals surface area contributed by atoms with Crippen LogP contribution >= 0.6 is 22.9 Å². The zero-order chi connectivity index (χ0) is 15.1. The first kappa shape index (κ1) is 16.4. The van der Waals surface area contributed by atoms with Gasteiger partial charge in [-0.1, -0.05) is 24.3 Å². The first-order valence-electron chi connectivity index (χ1n) is 6.81. The highest BCUT2D eigenvalue weighted by atomic mass is 35.5. The Labute approximate surface area is 133 Å². The van der Waals surface area contributed by atoms with E-state index in [1.807, 2.05) is 28.5 Å². The van der Waals surface area contributed by atoms with Crippen LogP contribution in [0.2, 0.25) is 0 Å². The van der Waals surface area contributed by atoms with Crippen molar-refractivity contribution in [3.63, 3.8) is 0 Å². The van der Waals surface area contributed by atoms with Crippen LogP contribution in [0.3, 0.4) is 0 Å². The predicted molar refractivity (Wildman–Crippen MR) is 86.6 cm³/mol. The largest absolute Gasteiger partial charge is 0.395 e. The third-order valence-electron chi connectivity index (χ3n) is 3.16. The number of aliphatic hydroxyl groups excluding tert-OH is 2. The summed E-state index contributed by atoms with van der Waals surface area (Å²) in [6.07, 6.45) is 0. The lowest BCUT2D eigenvalue weighted by molar-refractivity contribution is 0.156. The number of rotatable bonds is 8. The number of aliphatic hydroxyl groups is 2. The first-order valence-corrected chi connectivity index (χ1v) is 8.22. The van der Waals surface area contributed by atoms with E-state index in [-0.39, 0.29) is 13.2 Å². The highest BCUT2D eigenvalue weighted by molar-refractivity contribution is 7.13. The quantitative estimate of drug-likeness (QED) is 0.731. The number of alkyl halides is 1. The molecule has 0 saturated heterocycles. The van der Waals surface area contributed by atoms with Crippen LogP contribution in [0.5, 0.6) is 0 Å². The fourth-order valence-corrected chi connectivity index (χ4v) is 3.26. The van der Waals surface area contributed by atoms with Gasteiger partial charge in [0.05, 0.1) is 24.8 Å². The van der Waals surface area contributed by atoms with E-state index in [1.54, 1.807) is 11.3 Å². The molecule has 2 aromatic rings. The van der Waals surface area contributed by atoms with Crippen molar-refractivity contribution in [3.05, 3.63) is 40.9 Å². The molecule has 0 amide bonds. The Morgan fingerprint density at radius 1 is 1.14 bits per heavy atom. The molecule has 2 rings (SSSR count). The molecule has 0 aliphatic heterocycles. The molecule has 114 valence electrons. The molecule has 4 nitrogen and oxygen atoms in total. The minimum atomic E-state index is 0.0792. The Morgan fingerprint density at radius 3 is 2.48 bits per heavy atom. The Bertz CT molecular complexity index is 556. The Balaban J connectivity index is 2.23. The molecule has 2 N–H and O–H groups in total. The minimum Gasteiger partial charge on any atom is -0.395 e. The van der Waals surface area contributed by atoms with Gasteiger partial charge >= 0.3 is 0 Å². The van der Waals surface area contributed by atoms with Crippen molar-refractivity contribution in [2.45, 2.75) is 12.4 Å². The Morgan fingerprint density at radius 2 is 1.86 bits per heavy atom. The van der Waals surface area contributed by atoms with Gasteiger partial charge < -0.3 is 10.2 Å². The minimum absolute atomic E-state index is 0.0792. The van der Waals surface area contributed by atoms with Crippen LogP contribution in [0.1, 0.15) is 11.3 Å². The molecule has 0 atom stereocenters. The third kappa shape index (κ3) is 4.49. The van der Waals surface area contributed by atoms with Gasteiger partial charge in [-0.15, -0.1) is 22.9 Å². The molecule has 0 unspecified atom stereocenters. The summed E-state index contributed by atoms with van der Waals surface area (Å²) in [5.41, 5.74) is 3.10.